The van der Waals surface area contributed by atoms with Gasteiger partial charge in [-0.15, -0.1) is 0 Å². The van der Waals surface area contributed by atoms with E-state index in [2.05, 4.69) is 5.32 Å². The fraction of sp³-hybridized carbons (Fsp3) is 0.619. The zero-order valence-corrected chi connectivity index (χ0v) is 20.0. The lowest BCUT2D eigenvalue weighted by Gasteiger charge is -2.42. The van der Waals surface area contributed by atoms with Crippen LogP contribution in [0.25, 0.3) is 0 Å². The Morgan fingerprint density at radius 3 is 2.45 bits per heavy atom. The maximum Gasteiger partial charge on any atom is 0.232 e. The minimum atomic E-state index is -3.85. The second kappa shape index (κ2) is 8.51. The molecule has 1 aliphatic carbocycles. The number of amides is 1. The van der Waals surface area contributed by atoms with Crippen molar-refractivity contribution >= 4 is 39.1 Å². The molecule has 1 aromatic rings. The predicted molar refractivity (Wildman–Crippen MR) is 118 cm³/mol. The lowest BCUT2D eigenvalue weighted by Crippen LogP contribution is -2.59. The number of nitrogens with zero attached hydrogens (tertiary/aromatic N) is 2. The monoisotopic (exact) mass is 489 g/mol. The molecule has 1 atom stereocenters. The molecular weight excluding hydrogens is 464 g/mol. The largest absolute Gasteiger partial charge is 0.348 e. The van der Waals surface area contributed by atoms with Crippen LogP contribution in [-0.2, 0) is 14.8 Å². The summed E-state index contributed by atoms with van der Waals surface area (Å²) in [5.74, 6) is -1.49. The molecule has 10 heteroatoms. The highest BCUT2D eigenvalue weighted by Gasteiger charge is 2.49. The molecule has 2 aliphatic rings. The molecule has 0 spiro atoms. The van der Waals surface area contributed by atoms with Crippen LogP contribution in [-0.4, -0.2) is 36.5 Å². The Morgan fingerprint density at radius 1 is 1.32 bits per heavy atom. The van der Waals surface area contributed by atoms with E-state index in [0.29, 0.717) is 0 Å². The van der Waals surface area contributed by atoms with E-state index in [4.69, 9.17) is 28.5 Å². The van der Waals surface area contributed by atoms with Gasteiger partial charge in [-0.25, -0.2) is 12.8 Å². The molecule has 1 saturated heterocycles. The van der Waals surface area contributed by atoms with E-state index < -0.39 is 38.0 Å². The number of hydrogen-bond acceptors (Lipinski definition) is 4. The van der Waals surface area contributed by atoms with E-state index in [0.717, 1.165) is 30.0 Å². The van der Waals surface area contributed by atoms with Crippen LogP contribution in [0.1, 0.15) is 58.1 Å². The van der Waals surface area contributed by atoms with Crippen LogP contribution >= 0.6 is 23.2 Å². The highest BCUT2D eigenvalue weighted by Crippen LogP contribution is 2.50. The van der Waals surface area contributed by atoms with Crippen LogP contribution in [0, 0.1) is 28.5 Å². The lowest BCUT2D eigenvalue weighted by atomic mass is 9.76. The summed E-state index contributed by atoms with van der Waals surface area (Å²) < 4.78 is 39.5. The average molecular weight is 490 g/mol. The normalized spacial score (nSPS) is 20.7. The van der Waals surface area contributed by atoms with Crippen molar-refractivity contribution in [2.24, 2.45) is 11.3 Å². The summed E-state index contributed by atoms with van der Waals surface area (Å²) in [6.45, 7) is 4.62. The summed E-state index contributed by atoms with van der Waals surface area (Å²) in [4.78, 5) is 13.0. The maximum atomic E-state index is 14.8. The number of carbonyl (C=O) groups excluding carboxylic acids is 1. The Labute approximate surface area is 192 Å². The molecule has 1 aliphatic heterocycles. The second-order valence-corrected chi connectivity index (χ2v) is 12.5. The molecule has 1 N–H and O–H groups in total. The van der Waals surface area contributed by atoms with E-state index in [1.807, 2.05) is 6.92 Å². The molecular formula is C21H26Cl2FN3O3S. The fourth-order valence-corrected chi connectivity index (χ4v) is 6.25. The molecule has 1 saturated carbocycles. The van der Waals surface area contributed by atoms with Gasteiger partial charge in [-0.3, -0.25) is 4.79 Å². The van der Waals surface area contributed by atoms with Gasteiger partial charge in [0.15, 0.2) is 4.75 Å². The summed E-state index contributed by atoms with van der Waals surface area (Å²) in [5.41, 5.74) is -0.232. The Kier molecular flexibility index (Phi) is 6.66. The van der Waals surface area contributed by atoms with Crippen molar-refractivity contribution in [3.63, 3.8) is 0 Å². The third-order valence-corrected chi connectivity index (χ3v) is 9.75. The summed E-state index contributed by atoms with van der Waals surface area (Å²) in [6, 6.07) is 3.72. The number of benzene rings is 1. The Morgan fingerprint density at radius 2 is 1.90 bits per heavy atom. The summed E-state index contributed by atoms with van der Waals surface area (Å²) >= 11 is 12.5. The average Bonchev–Trinajstić information content (AvgIpc) is 3.10. The second-order valence-electron chi connectivity index (χ2n) is 9.20. The van der Waals surface area contributed by atoms with Gasteiger partial charge in [-0.05, 0) is 44.2 Å². The zero-order chi connectivity index (χ0) is 23.2. The van der Waals surface area contributed by atoms with Gasteiger partial charge in [-0.2, -0.15) is 9.57 Å². The maximum absolute atomic E-state index is 14.8. The van der Waals surface area contributed by atoms with Crippen LogP contribution < -0.4 is 5.32 Å². The van der Waals surface area contributed by atoms with E-state index in [-0.39, 0.29) is 34.6 Å². The number of halogens is 3. The summed E-state index contributed by atoms with van der Waals surface area (Å²) in [5, 5.41) is 12.4. The van der Waals surface area contributed by atoms with E-state index in [1.54, 1.807) is 6.07 Å². The Bertz CT molecular complexity index is 1030. The van der Waals surface area contributed by atoms with E-state index >= 15 is 0 Å². The highest BCUT2D eigenvalue weighted by atomic mass is 35.5. The van der Waals surface area contributed by atoms with Crippen molar-refractivity contribution in [2.45, 2.75) is 57.2 Å². The Balaban J connectivity index is 1.82. The van der Waals surface area contributed by atoms with Crippen molar-refractivity contribution in [3.8, 4) is 6.07 Å². The third kappa shape index (κ3) is 4.30. The van der Waals surface area contributed by atoms with Crippen LogP contribution in [0.15, 0.2) is 12.1 Å². The molecule has 31 heavy (non-hydrogen) atoms. The van der Waals surface area contributed by atoms with E-state index in [1.165, 1.54) is 26.0 Å². The molecule has 0 bridgehead atoms. The van der Waals surface area contributed by atoms with Gasteiger partial charge in [0, 0.05) is 18.7 Å². The number of rotatable bonds is 6. The first-order valence-electron chi connectivity index (χ1n) is 10.2. The predicted octanol–water partition coefficient (Wildman–Crippen LogP) is 4.43. The zero-order valence-electron chi connectivity index (χ0n) is 17.7. The number of carbonyl (C=O) groups is 1. The first kappa shape index (κ1) is 24.2. The van der Waals surface area contributed by atoms with Crippen LogP contribution in [0.5, 0.6) is 0 Å². The van der Waals surface area contributed by atoms with Gasteiger partial charge in [0.25, 0.3) is 0 Å². The van der Waals surface area contributed by atoms with Crippen LogP contribution in [0.3, 0.4) is 0 Å². The third-order valence-electron chi connectivity index (χ3n) is 6.57. The SMILES string of the molecule is CC1([C@H](NC(=O)C2CN(S(=O)(=O)C(C)(C)C#N)C2)c2c(F)ccc(Cl)c2Cl)CCCC1. The van der Waals surface area contributed by atoms with Crippen molar-refractivity contribution < 1.29 is 17.6 Å². The van der Waals surface area contributed by atoms with Crippen molar-refractivity contribution in [1.29, 1.82) is 5.26 Å². The van der Waals surface area contributed by atoms with Gasteiger partial charge in [0.1, 0.15) is 5.82 Å². The molecule has 170 valence electrons. The highest BCUT2D eigenvalue weighted by molar-refractivity contribution is 7.90. The first-order chi connectivity index (χ1) is 14.3. The molecule has 6 nitrogen and oxygen atoms in total. The smallest absolute Gasteiger partial charge is 0.232 e. The molecule has 0 unspecified atom stereocenters. The van der Waals surface area contributed by atoms with E-state index in [9.17, 15) is 17.6 Å². The first-order valence-corrected chi connectivity index (χ1v) is 12.4. The number of hydrogen-bond donors (Lipinski definition) is 1. The van der Waals surface area contributed by atoms with Gasteiger partial charge >= 0.3 is 0 Å². The lowest BCUT2D eigenvalue weighted by molar-refractivity contribution is -0.130. The standard InChI is InChI=1S/C21H26Cl2FN3O3S/c1-20(2,12-25)31(29,30)27-10-13(11-27)19(28)26-18(21(3)8-4-5-9-21)16-15(24)7-6-14(22)17(16)23/h6-7,13,18H,4-5,8-11H2,1-3H3,(H,26,28)/t18-/m1/s1. The summed E-state index contributed by atoms with van der Waals surface area (Å²) in [7, 11) is -3.85. The molecule has 3 rings (SSSR count). The fourth-order valence-electron chi connectivity index (χ4n) is 4.31. The van der Waals surface area contributed by atoms with Gasteiger partial charge in [0.2, 0.25) is 15.9 Å². The minimum absolute atomic E-state index is 0.0194. The van der Waals surface area contributed by atoms with Crippen LogP contribution in [0.4, 0.5) is 4.39 Å². The quantitative estimate of drug-likeness (QED) is 0.598. The molecule has 1 amide bonds. The van der Waals surface area contributed by atoms with Gasteiger partial charge in [0.05, 0.1) is 28.1 Å². The number of sulfonamides is 1. The van der Waals surface area contributed by atoms with Gasteiger partial charge < -0.3 is 5.32 Å². The minimum Gasteiger partial charge on any atom is -0.348 e. The molecule has 0 aromatic heterocycles. The number of nitriles is 1. The van der Waals surface area contributed by atoms with Gasteiger partial charge in [-0.1, -0.05) is 43.0 Å². The molecule has 1 aromatic carbocycles. The number of nitrogens with one attached hydrogen (secondary N) is 1. The molecule has 0 radical (unpaired) electrons. The van der Waals surface area contributed by atoms with Crippen molar-refractivity contribution in [1.82, 2.24) is 9.62 Å². The Hall–Kier alpha value is -1.40. The topological polar surface area (TPSA) is 90.3 Å². The summed E-state index contributed by atoms with van der Waals surface area (Å²) in [6.07, 6.45) is 3.51. The molecule has 2 fully saturated rings. The van der Waals surface area contributed by atoms with Crippen LogP contribution in [0.2, 0.25) is 10.0 Å². The van der Waals surface area contributed by atoms with Crippen molar-refractivity contribution in [3.05, 3.63) is 33.6 Å². The molecule has 1 heterocycles. The van der Waals surface area contributed by atoms with Crippen molar-refractivity contribution in [2.75, 3.05) is 13.1 Å².